The first-order valence-corrected chi connectivity index (χ1v) is 18.3. The Bertz CT molecular complexity index is 2270. The number of fused-ring (bicyclic) bond motifs is 2. The fraction of sp³-hybridized carbons (Fsp3) is 0.256. The standard InChI is InChI=1S/C28H27ClF3N3O2.C15H13F3N2/c1-27(2,3)26(37)33-14-17-4-11-24(29)23(12-17)25(36)34-21-8-5-18-15-35(16-19(18)13-21)22-9-6-20(7-10-22)28(30,31)32;16-15(17,18)12-2-5-14(6-3-12)20-8-10-1-4-13(19)7-11(10)9-20/h4-13H,14-16H2,1-3H3,(H,33,37)(H,34,36);1-7H,8-9,19H2. The van der Waals surface area contributed by atoms with E-state index in [4.69, 9.17) is 17.3 Å². The molecule has 0 aromatic heterocycles. The Kier molecular flexibility index (Phi) is 11.5. The molecule has 14 heteroatoms. The van der Waals surface area contributed by atoms with Gasteiger partial charge in [-0.05, 0) is 113 Å². The maximum atomic E-state index is 13.0. The van der Waals surface area contributed by atoms with Gasteiger partial charge in [-0.3, -0.25) is 9.59 Å². The summed E-state index contributed by atoms with van der Waals surface area (Å²) in [5.74, 6) is -0.483. The summed E-state index contributed by atoms with van der Waals surface area (Å²) in [7, 11) is 0. The minimum Gasteiger partial charge on any atom is -0.399 e. The summed E-state index contributed by atoms with van der Waals surface area (Å²) in [5.41, 5.74) is 12.0. The molecule has 0 saturated heterocycles. The zero-order valence-corrected chi connectivity index (χ0v) is 32.0. The lowest BCUT2D eigenvalue weighted by molar-refractivity contribution is -0.138. The van der Waals surface area contributed by atoms with Crippen molar-refractivity contribution in [2.75, 3.05) is 20.9 Å². The molecule has 5 aromatic carbocycles. The van der Waals surface area contributed by atoms with Crippen LogP contribution in [0.2, 0.25) is 5.02 Å². The van der Waals surface area contributed by atoms with Crippen molar-refractivity contribution in [2.24, 2.45) is 5.41 Å². The third kappa shape index (κ3) is 10.0. The molecule has 0 saturated carbocycles. The van der Waals surface area contributed by atoms with Crippen LogP contribution in [-0.2, 0) is 49.9 Å². The van der Waals surface area contributed by atoms with Gasteiger partial charge in [0.05, 0.1) is 21.7 Å². The van der Waals surface area contributed by atoms with Crippen LogP contribution >= 0.6 is 11.6 Å². The maximum absolute atomic E-state index is 13.0. The summed E-state index contributed by atoms with van der Waals surface area (Å²) in [6.07, 6.45) is -8.66. The third-order valence-electron chi connectivity index (χ3n) is 9.67. The number of rotatable bonds is 6. The largest absolute Gasteiger partial charge is 0.416 e. The van der Waals surface area contributed by atoms with Gasteiger partial charge in [-0.1, -0.05) is 50.6 Å². The van der Waals surface area contributed by atoms with Crippen LogP contribution in [0, 0.1) is 5.41 Å². The molecule has 5 aromatic rings. The Hall–Kier alpha value is -5.69. The third-order valence-corrected chi connectivity index (χ3v) is 10.00. The number of hydrogen-bond acceptors (Lipinski definition) is 5. The molecule has 298 valence electrons. The smallest absolute Gasteiger partial charge is 0.399 e. The minimum atomic E-state index is -4.37. The second-order valence-corrected chi connectivity index (χ2v) is 15.4. The molecule has 0 spiro atoms. The number of alkyl halides is 6. The molecule has 0 atom stereocenters. The number of benzene rings is 5. The van der Waals surface area contributed by atoms with Crippen LogP contribution in [0.15, 0.2) is 103 Å². The first-order chi connectivity index (χ1) is 26.7. The number of halogens is 7. The van der Waals surface area contributed by atoms with E-state index in [9.17, 15) is 35.9 Å². The van der Waals surface area contributed by atoms with E-state index in [1.165, 1.54) is 29.8 Å². The molecule has 7 rings (SSSR count). The molecule has 2 heterocycles. The van der Waals surface area contributed by atoms with Gasteiger partial charge in [0.1, 0.15) is 0 Å². The molecule has 0 aliphatic carbocycles. The first-order valence-electron chi connectivity index (χ1n) is 18.0. The zero-order valence-electron chi connectivity index (χ0n) is 31.3. The predicted molar refractivity (Wildman–Crippen MR) is 211 cm³/mol. The van der Waals surface area contributed by atoms with Crippen molar-refractivity contribution in [3.8, 4) is 0 Å². The van der Waals surface area contributed by atoms with Crippen molar-refractivity contribution in [3.05, 3.63) is 153 Å². The summed E-state index contributed by atoms with van der Waals surface area (Å²) < 4.78 is 76.2. The number of anilines is 4. The summed E-state index contributed by atoms with van der Waals surface area (Å²) in [6, 6.07) is 26.7. The van der Waals surface area contributed by atoms with E-state index >= 15 is 0 Å². The predicted octanol–water partition coefficient (Wildman–Crippen LogP) is 10.6. The van der Waals surface area contributed by atoms with E-state index in [0.29, 0.717) is 43.2 Å². The van der Waals surface area contributed by atoms with Crippen molar-refractivity contribution in [2.45, 2.75) is 65.8 Å². The fourth-order valence-corrected chi connectivity index (χ4v) is 6.68. The number of nitrogens with zero attached hydrogens (tertiary/aromatic N) is 2. The van der Waals surface area contributed by atoms with Gasteiger partial charge in [-0.2, -0.15) is 26.3 Å². The van der Waals surface area contributed by atoms with E-state index < -0.39 is 28.9 Å². The Morgan fingerprint density at radius 2 is 1.14 bits per heavy atom. The van der Waals surface area contributed by atoms with E-state index in [1.54, 1.807) is 24.3 Å². The van der Waals surface area contributed by atoms with Gasteiger partial charge in [0.2, 0.25) is 5.91 Å². The second-order valence-electron chi connectivity index (χ2n) is 15.0. The molecule has 7 nitrogen and oxygen atoms in total. The number of nitrogen functional groups attached to an aromatic ring is 1. The second kappa shape index (κ2) is 16.0. The van der Waals surface area contributed by atoms with Crippen LogP contribution < -0.4 is 26.2 Å². The number of carbonyl (C=O) groups excluding carboxylic acids is 2. The Balaban J connectivity index is 0.000000230. The zero-order chi connectivity index (χ0) is 41.3. The van der Waals surface area contributed by atoms with Crippen molar-refractivity contribution >= 4 is 46.2 Å². The van der Waals surface area contributed by atoms with E-state index in [-0.39, 0.29) is 28.9 Å². The molecular formula is C43H40ClF6N5O2. The Morgan fingerprint density at radius 3 is 1.65 bits per heavy atom. The molecule has 0 unspecified atom stereocenters. The lowest BCUT2D eigenvalue weighted by atomic mass is 9.95. The fourth-order valence-electron chi connectivity index (χ4n) is 6.48. The average molecular weight is 808 g/mol. The van der Waals surface area contributed by atoms with Crippen molar-refractivity contribution in [3.63, 3.8) is 0 Å². The highest BCUT2D eigenvalue weighted by Gasteiger charge is 2.32. The van der Waals surface area contributed by atoms with Crippen LogP contribution in [0.3, 0.4) is 0 Å². The van der Waals surface area contributed by atoms with Crippen LogP contribution in [0.1, 0.15) is 70.1 Å². The highest BCUT2D eigenvalue weighted by atomic mass is 35.5. The molecule has 0 radical (unpaired) electrons. The molecule has 0 fully saturated rings. The van der Waals surface area contributed by atoms with Crippen LogP contribution in [0.5, 0.6) is 0 Å². The average Bonchev–Trinajstić information content (AvgIpc) is 3.78. The highest BCUT2D eigenvalue weighted by molar-refractivity contribution is 6.34. The Morgan fingerprint density at radius 1 is 0.649 bits per heavy atom. The number of nitrogens with two attached hydrogens (primary N) is 1. The molecule has 4 N–H and O–H groups in total. The van der Waals surface area contributed by atoms with Crippen LogP contribution in [-0.4, -0.2) is 11.8 Å². The first kappa shape index (κ1) is 41.0. The summed E-state index contributed by atoms with van der Waals surface area (Å²) in [5, 5.41) is 6.02. The lowest BCUT2D eigenvalue weighted by Gasteiger charge is -2.18. The lowest BCUT2D eigenvalue weighted by Crippen LogP contribution is -2.34. The van der Waals surface area contributed by atoms with Gasteiger partial charge >= 0.3 is 12.4 Å². The maximum Gasteiger partial charge on any atom is 0.416 e. The molecule has 2 aliphatic heterocycles. The van der Waals surface area contributed by atoms with E-state index in [0.717, 1.165) is 52.2 Å². The van der Waals surface area contributed by atoms with Gasteiger partial charge in [-0.15, -0.1) is 0 Å². The molecule has 0 bridgehead atoms. The SMILES string of the molecule is CC(C)(C)C(=O)NCc1ccc(Cl)c(C(=O)Nc2ccc3c(c2)CN(c2ccc(C(F)(F)F)cc2)C3)c1.Nc1ccc2c(c1)CN(c1ccc(C(F)(F)F)cc1)C2. The van der Waals surface area contributed by atoms with Gasteiger partial charge in [0.15, 0.2) is 0 Å². The summed E-state index contributed by atoms with van der Waals surface area (Å²) >= 11 is 6.29. The molecular weight excluding hydrogens is 768 g/mol. The van der Waals surface area contributed by atoms with Crippen molar-refractivity contribution < 1.29 is 35.9 Å². The normalized spacial score (nSPS) is 13.7. The Labute approximate surface area is 331 Å². The van der Waals surface area contributed by atoms with Crippen LogP contribution in [0.25, 0.3) is 0 Å². The molecule has 2 amide bonds. The van der Waals surface area contributed by atoms with Crippen molar-refractivity contribution in [1.29, 1.82) is 0 Å². The number of hydrogen-bond donors (Lipinski definition) is 3. The number of carbonyl (C=O) groups is 2. The van der Waals surface area contributed by atoms with Gasteiger partial charge in [0.25, 0.3) is 5.91 Å². The topological polar surface area (TPSA) is 90.7 Å². The number of nitrogens with one attached hydrogen (secondary N) is 2. The quantitative estimate of drug-likeness (QED) is 0.117. The summed E-state index contributed by atoms with van der Waals surface area (Å²) in [6.45, 7) is 8.17. The molecule has 2 aliphatic rings. The van der Waals surface area contributed by atoms with Crippen LogP contribution in [0.4, 0.5) is 49.1 Å². The van der Waals surface area contributed by atoms with Gasteiger partial charge in [0, 0.05) is 60.9 Å². The summed E-state index contributed by atoms with van der Waals surface area (Å²) in [4.78, 5) is 29.2. The van der Waals surface area contributed by atoms with E-state index in [2.05, 4.69) is 10.6 Å². The number of amides is 2. The monoisotopic (exact) mass is 807 g/mol. The van der Waals surface area contributed by atoms with Crippen molar-refractivity contribution in [1.82, 2.24) is 5.32 Å². The van der Waals surface area contributed by atoms with E-state index in [1.807, 2.05) is 60.9 Å². The minimum absolute atomic E-state index is 0.100. The van der Waals surface area contributed by atoms with Gasteiger partial charge in [-0.25, -0.2) is 0 Å². The molecule has 57 heavy (non-hydrogen) atoms. The van der Waals surface area contributed by atoms with Gasteiger partial charge < -0.3 is 26.2 Å². The highest BCUT2D eigenvalue weighted by Crippen LogP contribution is 2.35.